The van der Waals surface area contributed by atoms with E-state index in [1.807, 2.05) is 0 Å². The Morgan fingerprint density at radius 1 is 1.41 bits per heavy atom. The first-order valence-corrected chi connectivity index (χ1v) is 7.69. The standard InChI is InChI=1S/C10H13Cl2NO3S/c1-10(2,7-17(12,14)15)6-16-9-3-8(11)4-13-5-9/h3-5H,6-7H2,1-2H3. The lowest BCUT2D eigenvalue weighted by Crippen LogP contribution is -2.28. The Balaban J connectivity index is 2.61. The van der Waals surface area contributed by atoms with Gasteiger partial charge < -0.3 is 4.74 Å². The second-order valence-electron chi connectivity index (χ2n) is 4.47. The van der Waals surface area contributed by atoms with Gasteiger partial charge >= 0.3 is 0 Å². The maximum Gasteiger partial charge on any atom is 0.233 e. The van der Waals surface area contributed by atoms with Crippen LogP contribution in [0.2, 0.25) is 5.02 Å². The summed E-state index contributed by atoms with van der Waals surface area (Å²) in [6.45, 7) is 3.72. The molecule has 0 bridgehead atoms. The number of ether oxygens (including phenoxy) is 1. The predicted octanol–water partition coefficient (Wildman–Crippen LogP) is 2.71. The van der Waals surface area contributed by atoms with Crippen LogP contribution < -0.4 is 4.74 Å². The van der Waals surface area contributed by atoms with Gasteiger partial charge in [0, 0.05) is 28.4 Å². The Hall–Kier alpha value is -0.520. The van der Waals surface area contributed by atoms with Crippen molar-refractivity contribution in [3.05, 3.63) is 23.5 Å². The van der Waals surface area contributed by atoms with Gasteiger partial charge in [-0.15, -0.1) is 0 Å². The lowest BCUT2D eigenvalue weighted by Gasteiger charge is -2.22. The van der Waals surface area contributed by atoms with Crippen molar-refractivity contribution in [2.75, 3.05) is 12.4 Å². The molecule has 1 heterocycles. The van der Waals surface area contributed by atoms with E-state index in [-0.39, 0.29) is 12.4 Å². The van der Waals surface area contributed by atoms with Crippen molar-refractivity contribution in [1.29, 1.82) is 0 Å². The molecule has 0 atom stereocenters. The summed E-state index contributed by atoms with van der Waals surface area (Å²) in [5, 5.41) is 0.463. The number of rotatable bonds is 5. The molecule has 0 N–H and O–H groups in total. The van der Waals surface area contributed by atoms with Crippen molar-refractivity contribution < 1.29 is 13.2 Å². The van der Waals surface area contributed by atoms with Gasteiger partial charge in [-0.25, -0.2) is 8.42 Å². The van der Waals surface area contributed by atoms with Gasteiger partial charge in [0.25, 0.3) is 0 Å². The third kappa shape index (κ3) is 6.10. The highest BCUT2D eigenvalue weighted by atomic mass is 35.7. The van der Waals surface area contributed by atoms with Crippen LogP contribution in [-0.2, 0) is 9.05 Å². The zero-order valence-corrected chi connectivity index (χ0v) is 11.8. The SMILES string of the molecule is CC(C)(COc1cncc(Cl)c1)CS(=O)(=O)Cl. The molecule has 0 saturated heterocycles. The van der Waals surface area contributed by atoms with E-state index < -0.39 is 14.5 Å². The summed E-state index contributed by atoms with van der Waals surface area (Å²) in [5.41, 5.74) is -0.580. The maximum absolute atomic E-state index is 11.0. The highest BCUT2D eigenvalue weighted by molar-refractivity contribution is 8.13. The Kier molecular flexibility index (Phi) is 4.63. The van der Waals surface area contributed by atoms with Gasteiger partial charge in [0.05, 0.1) is 23.6 Å². The summed E-state index contributed by atoms with van der Waals surface area (Å²) in [6.07, 6.45) is 3.00. The molecule has 0 aliphatic carbocycles. The smallest absolute Gasteiger partial charge is 0.233 e. The van der Waals surface area contributed by atoms with Gasteiger partial charge in [0.2, 0.25) is 9.05 Å². The van der Waals surface area contributed by atoms with E-state index in [1.54, 1.807) is 19.9 Å². The fraction of sp³-hybridized carbons (Fsp3) is 0.500. The summed E-state index contributed by atoms with van der Waals surface area (Å²) in [5.74, 6) is 0.341. The molecule has 1 aromatic heterocycles. The van der Waals surface area contributed by atoms with E-state index in [0.717, 1.165) is 0 Å². The lowest BCUT2D eigenvalue weighted by atomic mass is 9.98. The molecule has 0 spiro atoms. The highest BCUT2D eigenvalue weighted by Gasteiger charge is 2.25. The zero-order valence-electron chi connectivity index (χ0n) is 9.48. The van der Waals surface area contributed by atoms with E-state index in [0.29, 0.717) is 10.8 Å². The third-order valence-electron chi connectivity index (χ3n) is 1.87. The lowest BCUT2D eigenvalue weighted by molar-refractivity contribution is 0.199. The van der Waals surface area contributed by atoms with Crippen LogP contribution in [0.5, 0.6) is 5.75 Å². The van der Waals surface area contributed by atoms with Gasteiger partial charge in [-0.2, -0.15) is 0 Å². The predicted molar refractivity (Wildman–Crippen MR) is 68.2 cm³/mol. The van der Waals surface area contributed by atoms with Gasteiger partial charge in [0.15, 0.2) is 0 Å². The third-order valence-corrected chi connectivity index (χ3v) is 3.53. The normalized spacial score (nSPS) is 12.5. The largest absolute Gasteiger partial charge is 0.491 e. The second-order valence-corrected chi connectivity index (χ2v) is 7.69. The summed E-state index contributed by atoms with van der Waals surface area (Å²) in [7, 11) is 1.66. The van der Waals surface area contributed by atoms with Crippen molar-refractivity contribution in [3.63, 3.8) is 0 Å². The van der Waals surface area contributed by atoms with E-state index >= 15 is 0 Å². The number of pyridine rings is 1. The minimum Gasteiger partial charge on any atom is -0.491 e. The fourth-order valence-electron chi connectivity index (χ4n) is 1.26. The Morgan fingerprint density at radius 3 is 2.59 bits per heavy atom. The van der Waals surface area contributed by atoms with Crippen molar-refractivity contribution in [3.8, 4) is 5.75 Å². The average molecular weight is 298 g/mol. The molecule has 17 heavy (non-hydrogen) atoms. The van der Waals surface area contributed by atoms with Crippen LogP contribution in [0.1, 0.15) is 13.8 Å². The molecule has 4 nitrogen and oxygen atoms in total. The summed E-state index contributed by atoms with van der Waals surface area (Å²) >= 11 is 5.74. The molecular weight excluding hydrogens is 285 g/mol. The van der Waals surface area contributed by atoms with Crippen LogP contribution in [0.15, 0.2) is 18.5 Å². The molecule has 0 aromatic carbocycles. The highest BCUT2D eigenvalue weighted by Crippen LogP contribution is 2.23. The molecule has 96 valence electrons. The van der Waals surface area contributed by atoms with Crippen molar-refractivity contribution in [2.45, 2.75) is 13.8 Å². The Bertz CT molecular complexity index is 488. The molecule has 1 rings (SSSR count). The van der Waals surface area contributed by atoms with Crippen molar-refractivity contribution in [2.24, 2.45) is 5.41 Å². The van der Waals surface area contributed by atoms with Crippen LogP contribution in [0.25, 0.3) is 0 Å². The molecule has 0 unspecified atom stereocenters. The van der Waals surface area contributed by atoms with E-state index in [4.69, 9.17) is 27.0 Å². The molecular formula is C10H13Cl2NO3S. The molecule has 0 fully saturated rings. The maximum atomic E-state index is 11.0. The van der Waals surface area contributed by atoms with E-state index in [2.05, 4.69) is 4.98 Å². The summed E-state index contributed by atoms with van der Waals surface area (Å²) in [6, 6.07) is 1.61. The number of nitrogens with zero attached hydrogens (tertiary/aromatic N) is 1. The quantitative estimate of drug-likeness (QED) is 0.784. The monoisotopic (exact) mass is 297 g/mol. The average Bonchev–Trinajstić information content (AvgIpc) is 2.11. The first kappa shape index (κ1) is 14.5. The number of hydrogen-bond donors (Lipinski definition) is 0. The number of halogens is 2. The molecule has 1 aromatic rings. The second kappa shape index (κ2) is 5.42. The van der Waals surface area contributed by atoms with Crippen molar-refractivity contribution >= 4 is 31.3 Å². The van der Waals surface area contributed by atoms with Crippen LogP contribution in [0.4, 0.5) is 0 Å². The van der Waals surface area contributed by atoms with Gasteiger partial charge in [-0.1, -0.05) is 25.4 Å². The summed E-state index contributed by atoms with van der Waals surface area (Å²) < 4.78 is 27.4. The van der Waals surface area contributed by atoms with Crippen molar-refractivity contribution in [1.82, 2.24) is 4.98 Å². The molecule has 0 aliphatic heterocycles. The van der Waals surface area contributed by atoms with Gasteiger partial charge in [0.1, 0.15) is 5.75 Å². The van der Waals surface area contributed by atoms with E-state index in [1.165, 1.54) is 12.4 Å². The zero-order chi connectivity index (χ0) is 13.1. The molecule has 0 aliphatic rings. The fourth-order valence-corrected chi connectivity index (χ4v) is 3.33. The van der Waals surface area contributed by atoms with Crippen LogP contribution in [0.3, 0.4) is 0 Å². The van der Waals surface area contributed by atoms with E-state index in [9.17, 15) is 8.42 Å². The topological polar surface area (TPSA) is 56.3 Å². The molecule has 0 amide bonds. The van der Waals surface area contributed by atoms with Gasteiger partial charge in [-0.05, 0) is 0 Å². The summed E-state index contributed by atoms with van der Waals surface area (Å²) in [4.78, 5) is 3.86. The first-order chi connectivity index (χ1) is 7.68. The van der Waals surface area contributed by atoms with Crippen LogP contribution >= 0.6 is 22.3 Å². The minimum atomic E-state index is -3.54. The first-order valence-electron chi connectivity index (χ1n) is 4.84. The molecule has 7 heteroatoms. The molecule has 0 saturated carbocycles. The minimum absolute atomic E-state index is 0.157. The van der Waals surface area contributed by atoms with Crippen LogP contribution in [-0.4, -0.2) is 25.8 Å². The molecule has 0 radical (unpaired) electrons. The number of aromatic nitrogens is 1. The van der Waals surface area contributed by atoms with Gasteiger partial charge in [-0.3, -0.25) is 4.98 Å². The van der Waals surface area contributed by atoms with Crippen LogP contribution in [0, 0.1) is 5.41 Å². The number of hydrogen-bond acceptors (Lipinski definition) is 4. The Labute approximate surface area is 110 Å². The Morgan fingerprint density at radius 2 is 2.06 bits per heavy atom.